The van der Waals surface area contributed by atoms with Gasteiger partial charge < -0.3 is 20.1 Å². The van der Waals surface area contributed by atoms with E-state index in [1.165, 1.54) is 4.88 Å². The Hall–Kier alpha value is -0.450. The Morgan fingerprint density at radius 1 is 1.27 bits per heavy atom. The average molecular weight is 442 g/mol. The quantitative estimate of drug-likeness (QED) is 0.251. The molecule has 2 N–H and O–H groups in total. The van der Waals surface area contributed by atoms with Gasteiger partial charge in [0.1, 0.15) is 0 Å². The monoisotopic (exact) mass is 442 g/mol. The highest BCUT2D eigenvalue weighted by atomic mass is 127. The molecule has 0 unspecified atom stereocenters. The van der Waals surface area contributed by atoms with Crippen LogP contribution in [0.4, 0.5) is 0 Å². The van der Waals surface area contributed by atoms with Gasteiger partial charge in [0.05, 0.1) is 18.2 Å². The minimum atomic E-state index is 0. The van der Waals surface area contributed by atoms with Gasteiger partial charge in [0.25, 0.3) is 0 Å². The fraction of sp³-hybridized carbons (Fsp3) is 0.714. The first-order valence-corrected chi connectivity index (χ1v) is 8.00. The van der Waals surface area contributed by atoms with Crippen molar-refractivity contribution in [1.82, 2.24) is 15.6 Å². The Labute approximate surface area is 154 Å². The maximum atomic E-state index is 5.40. The molecule has 1 rings (SSSR count). The highest BCUT2D eigenvalue weighted by Crippen LogP contribution is 2.10. The number of halogens is 1. The number of aryl methyl sites for hydroxylation is 1. The highest BCUT2D eigenvalue weighted by Gasteiger charge is 2.00. The summed E-state index contributed by atoms with van der Waals surface area (Å²) in [4.78, 5) is 9.78. The number of ether oxygens (including phenoxy) is 2. The molecule has 1 aromatic heterocycles. The summed E-state index contributed by atoms with van der Waals surface area (Å²) in [5.74, 6) is 0.820. The third-order valence-corrected chi connectivity index (χ3v) is 3.69. The Morgan fingerprint density at radius 3 is 2.68 bits per heavy atom. The molecule has 6 nitrogen and oxygen atoms in total. The first-order chi connectivity index (χ1) is 10.3. The largest absolute Gasteiger partial charge is 0.382 e. The summed E-state index contributed by atoms with van der Waals surface area (Å²) in [6, 6.07) is 0. The van der Waals surface area contributed by atoms with Crippen molar-refractivity contribution < 1.29 is 9.47 Å². The van der Waals surface area contributed by atoms with Crippen molar-refractivity contribution >= 4 is 41.3 Å². The van der Waals surface area contributed by atoms with E-state index in [4.69, 9.17) is 9.47 Å². The van der Waals surface area contributed by atoms with Crippen molar-refractivity contribution in [3.63, 3.8) is 0 Å². The molecule has 0 atom stereocenters. The second-order valence-electron chi connectivity index (χ2n) is 4.50. The molecule has 0 aliphatic carbocycles. The normalized spacial score (nSPS) is 11.1. The minimum Gasteiger partial charge on any atom is -0.382 e. The van der Waals surface area contributed by atoms with Gasteiger partial charge in [-0.25, -0.2) is 4.98 Å². The molecular weight excluding hydrogens is 415 g/mol. The van der Waals surface area contributed by atoms with Crippen LogP contribution in [0.5, 0.6) is 0 Å². The van der Waals surface area contributed by atoms with Gasteiger partial charge in [-0.1, -0.05) is 0 Å². The van der Waals surface area contributed by atoms with E-state index in [0.29, 0.717) is 13.2 Å². The lowest BCUT2D eigenvalue weighted by atomic mass is 10.4. The zero-order chi connectivity index (χ0) is 15.3. The van der Waals surface area contributed by atoms with Gasteiger partial charge in [-0.15, -0.1) is 35.3 Å². The lowest BCUT2D eigenvalue weighted by Gasteiger charge is -2.11. The number of guanidine groups is 1. The van der Waals surface area contributed by atoms with Crippen LogP contribution >= 0.6 is 35.3 Å². The lowest BCUT2D eigenvalue weighted by molar-refractivity contribution is 0.0698. The first-order valence-electron chi connectivity index (χ1n) is 7.18. The standard InChI is InChI=1S/C14H26N4O2S.HI/c1-12-11-18-13(21-12)5-7-17-14(15-2)16-6-4-8-20-10-9-19-3;/h11H,4-10H2,1-3H3,(H2,15,16,17);1H. The summed E-state index contributed by atoms with van der Waals surface area (Å²) < 4.78 is 10.3. The molecule has 0 bridgehead atoms. The Morgan fingerprint density at radius 2 is 2.05 bits per heavy atom. The molecule has 0 saturated heterocycles. The van der Waals surface area contributed by atoms with Crippen molar-refractivity contribution in [2.75, 3.05) is 47.1 Å². The molecule has 0 saturated carbocycles. The minimum absolute atomic E-state index is 0. The van der Waals surface area contributed by atoms with Crippen LogP contribution in [0.1, 0.15) is 16.3 Å². The van der Waals surface area contributed by atoms with Gasteiger partial charge in [-0.05, 0) is 13.3 Å². The molecule has 0 amide bonds. The summed E-state index contributed by atoms with van der Waals surface area (Å²) in [5.41, 5.74) is 0. The average Bonchev–Trinajstić information content (AvgIpc) is 2.90. The van der Waals surface area contributed by atoms with Gasteiger partial charge in [0.15, 0.2) is 5.96 Å². The zero-order valence-electron chi connectivity index (χ0n) is 13.6. The van der Waals surface area contributed by atoms with E-state index in [1.807, 2.05) is 6.20 Å². The Bertz CT molecular complexity index is 415. The van der Waals surface area contributed by atoms with E-state index in [0.717, 1.165) is 43.5 Å². The molecule has 1 aromatic rings. The smallest absolute Gasteiger partial charge is 0.190 e. The number of hydrogen-bond acceptors (Lipinski definition) is 5. The maximum absolute atomic E-state index is 5.40. The number of thiazole rings is 1. The van der Waals surface area contributed by atoms with Gasteiger partial charge in [-0.3, -0.25) is 4.99 Å². The van der Waals surface area contributed by atoms with Crippen molar-refractivity contribution in [3.8, 4) is 0 Å². The first kappa shape index (κ1) is 21.6. The molecule has 0 radical (unpaired) electrons. The predicted octanol–water partition coefficient (Wildman–Crippen LogP) is 1.83. The summed E-state index contributed by atoms with van der Waals surface area (Å²) in [7, 11) is 3.45. The molecule has 8 heteroatoms. The third kappa shape index (κ3) is 10.3. The molecule has 0 fully saturated rings. The van der Waals surface area contributed by atoms with Crippen LogP contribution in [0.2, 0.25) is 0 Å². The lowest BCUT2D eigenvalue weighted by Crippen LogP contribution is -2.39. The van der Waals surface area contributed by atoms with Crippen molar-refractivity contribution in [2.45, 2.75) is 19.8 Å². The number of methoxy groups -OCH3 is 1. The molecule has 0 spiro atoms. The summed E-state index contributed by atoms with van der Waals surface area (Å²) in [5, 5.41) is 7.70. The molecule has 0 aliphatic heterocycles. The van der Waals surface area contributed by atoms with E-state index in [1.54, 1.807) is 25.5 Å². The van der Waals surface area contributed by atoms with Gasteiger partial charge in [0.2, 0.25) is 0 Å². The van der Waals surface area contributed by atoms with E-state index in [9.17, 15) is 0 Å². The van der Waals surface area contributed by atoms with Gasteiger partial charge in [0, 0.05) is 51.3 Å². The molecule has 22 heavy (non-hydrogen) atoms. The number of hydrogen-bond donors (Lipinski definition) is 2. The fourth-order valence-electron chi connectivity index (χ4n) is 1.65. The molecule has 1 heterocycles. The molecule has 0 aliphatic rings. The Kier molecular flexibility index (Phi) is 13.9. The van der Waals surface area contributed by atoms with E-state index < -0.39 is 0 Å². The van der Waals surface area contributed by atoms with Gasteiger partial charge >= 0.3 is 0 Å². The van der Waals surface area contributed by atoms with E-state index >= 15 is 0 Å². The number of aliphatic imine (C=N–C) groups is 1. The zero-order valence-corrected chi connectivity index (χ0v) is 16.7. The third-order valence-electron chi connectivity index (χ3n) is 2.71. The summed E-state index contributed by atoms with van der Waals surface area (Å²) in [6.45, 7) is 5.76. The number of rotatable bonds is 10. The van der Waals surface area contributed by atoms with Crippen LogP contribution in [0.25, 0.3) is 0 Å². The highest BCUT2D eigenvalue weighted by molar-refractivity contribution is 14.0. The van der Waals surface area contributed by atoms with E-state index in [2.05, 4.69) is 27.5 Å². The SMILES string of the molecule is CN=C(NCCCOCCOC)NCCc1ncc(C)s1.I. The van der Waals surface area contributed by atoms with Crippen molar-refractivity contribution in [3.05, 3.63) is 16.1 Å². The van der Waals surface area contributed by atoms with Gasteiger partial charge in [-0.2, -0.15) is 0 Å². The van der Waals surface area contributed by atoms with E-state index in [-0.39, 0.29) is 24.0 Å². The fourth-order valence-corrected chi connectivity index (χ4v) is 2.44. The van der Waals surface area contributed by atoms with Crippen LogP contribution < -0.4 is 10.6 Å². The molecular formula is C14H27IN4O2S. The van der Waals surface area contributed by atoms with Crippen molar-refractivity contribution in [1.29, 1.82) is 0 Å². The van der Waals surface area contributed by atoms with Crippen LogP contribution in [0.3, 0.4) is 0 Å². The second kappa shape index (κ2) is 14.2. The second-order valence-corrected chi connectivity index (χ2v) is 5.82. The number of nitrogens with zero attached hydrogens (tertiary/aromatic N) is 2. The maximum Gasteiger partial charge on any atom is 0.190 e. The summed E-state index contributed by atoms with van der Waals surface area (Å²) in [6.07, 6.45) is 3.77. The topological polar surface area (TPSA) is 67.8 Å². The summed E-state index contributed by atoms with van der Waals surface area (Å²) >= 11 is 1.74. The van der Waals surface area contributed by atoms with Crippen LogP contribution in [0.15, 0.2) is 11.2 Å². The van der Waals surface area contributed by atoms with Crippen LogP contribution in [-0.2, 0) is 15.9 Å². The molecule has 128 valence electrons. The van der Waals surface area contributed by atoms with Crippen LogP contribution in [-0.4, -0.2) is 58.0 Å². The predicted molar refractivity (Wildman–Crippen MR) is 103 cm³/mol. The molecule has 0 aromatic carbocycles. The number of nitrogens with one attached hydrogen (secondary N) is 2. The Balaban J connectivity index is 0.00000441. The van der Waals surface area contributed by atoms with Crippen LogP contribution in [0, 0.1) is 6.92 Å². The van der Waals surface area contributed by atoms with Crippen molar-refractivity contribution in [2.24, 2.45) is 4.99 Å². The number of aromatic nitrogens is 1.